The number of anilines is 1. The lowest BCUT2D eigenvalue weighted by molar-refractivity contribution is -0.0766. The quantitative estimate of drug-likeness (QED) is 0.250. The zero-order valence-electron chi connectivity index (χ0n) is 24.9. The molecule has 7 nitrogen and oxygen atoms in total. The summed E-state index contributed by atoms with van der Waals surface area (Å²) in [7, 11) is 0. The van der Waals surface area contributed by atoms with Crippen LogP contribution in [0, 0.1) is 0 Å². The highest BCUT2D eigenvalue weighted by molar-refractivity contribution is 5.91. The average molecular weight is 565 g/mol. The van der Waals surface area contributed by atoms with Gasteiger partial charge in [-0.1, -0.05) is 54.6 Å². The van der Waals surface area contributed by atoms with Gasteiger partial charge in [-0.05, 0) is 93.6 Å². The van der Waals surface area contributed by atoms with Gasteiger partial charge in [-0.3, -0.25) is 9.47 Å². The first kappa shape index (κ1) is 27.8. The van der Waals surface area contributed by atoms with Crippen molar-refractivity contribution < 1.29 is 23.8 Å². The van der Waals surface area contributed by atoms with Gasteiger partial charge in [0.25, 0.3) is 0 Å². The fourth-order valence-electron chi connectivity index (χ4n) is 6.12. The maximum absolute atomic E-state index is 13.7. The fraction of sp³-hybridized carbons (Fsp3) is 0.314. The molecular weight excluding hydrogens is 528 g/mol. The maximum Gasteiger partial charge on any atom is 0.418 e. The minimum atomic E-state index is -0.686. The van der Waals surface area contributed by atoms with Crippen LogP contribution in [0.15, 0.2) is 85.1 Å². The summed E-state index contributed by atoms with van der Waals surface area (Å²) in [6.45, 7) is 11.6. The second kappa shape index (κ2) is 10.2. The molecule has 0 saturated heterocycles. The summed E-state index contributed by atoms with van der Waals surface area (Å²) < 4.78 is 19.5. The molecule has 1 unspecified atom stereocenters. The van der Waals surface area contributed by atoms with Crippen LogP contribution < -0.4 is 4.90 Å². The number of fused-ring (bicyclic) bond motifs is 4. The van der Waals surface area contributed by atoms with Gasteiger partial charge in [0.15, 0.2) is 0 Å². The Hall–Kier alpha value is -4.36. The van der Waals surface area contributed by atoms with E-state index in [0.29, 0.717) is 5.69 Å². The van der Waals surface area contributed by atoms with Gasteiger partial charge < -0.3 is 14.2 Å². The predicted octanol–water partition coefficient (Wildman–Crippen LogP) is 8.31. The van der Waals surface area contributed by atoms with Crippen molar-refractivity contribution in [3.8, 4) is 22.4 Å². The summed E-state index contributed by atoms with van der Waals surface area (Å²) in [5, 5.41) is 0. The number of hydrogen-bond donors (Lipinski definition) is 0. The molecule has 7 heteroatoms. The fourth-order valence-corrected chi connectivity index (χ4v) is 6.12. The molecule has 0 N–H and O–H groups in total. The van der Waals surface area contributed by atoms with E-state index in [2.05, 4.69) is 24.3 Å². The minimum absolute atomic E-state index is 0.0405. The molecular formula is C35H36N2O5. The van der Waals surface area contributed by atoms with Crippen LogP contribution >= 0.6 is 0 Å². The number of carbonyl (C=O) groups excluding carboxylic acids is 2. The minimum Gasteiger partial charge on any atom is -0.448 e. The Kier molecular flexibility index (Phi) is 6.73. The molecule has 2 heterocycles. The van der Waals surface area contributed by atoms with Gasteiger partial charge in [0.05, 0.1) is 17.0 Å². The second-order valence-electron chi connectivity index (χ2n) is 12.4. The predicted molar refractivity (Wildman–Crippen MR) is 163 cm³/mol. The topological polar surface area (TPSA) is 70.0 Å². The summed E-state index contributed by atoms with van der Waals surface area (Å²) >= 11 is 0. The molecule has 42 heavy (non-hydrogen) atoms. The highest BCUT2D eigenvalue weighted by Gasteiger charge is 2.41. The Labute approximate surface area is 246 Å². The number of aromatic nitrogens is 1. The van der Waals surface area contributed by atoms with Crippen molar-refractivity contribution in [1.29, 1.82) is 0 Å². The first-order valence-corrected chi connectivity index (χ1v) is 14.3. The molecule has 2 aliphatic rings. The molecule has 1 amide bonds. The van der Waals surface area contributed by atoms with Crippen molar-refractivity contribution in [2.45, 2.75) is 64.9 Å². The molecule has 0 fully saturated rings. The number of hydrogen-bond acceptors (Lipinski definition) is 5. The van der Waals surface area contributed by atoms with Crippen LogP contribution in [0.3, 0.4) is 0 Å². The van der Waals surface area contributed by atoms with Crippen LogP contribution in [0.2, 0.25) is 0 Å². The summed E-state index contributed by atoms with van der Waals surface area (Å²) in [4.78, 5) is 28.2. The van der Waals surface area contributed by atoms with Crippen LogP contribution in [0.5, 0.6) is 0 Å². The molecule has 6 rings (SSSR count). The lowest BCUT2D eigenvalue weighted by Crippen LogP contribution is -2.49. The third kappa shape index (κ3) is 4.88. The molecule has 0 bridgehead atoms. The molecule has 0 radical (unpaired) electrons. The zero-order valence-corrected chi connectivity index (χ0v) is 24.9. The lowest BCUT2D eigenvalue weighted by Gasteiger charge is -2.43. The first-order valence-electron chi connectivity index (χ1n) is 14.3. The molecule has 1 aromatic heterocycles. The van der Waals surface area contributed by atoms with Crippen LogP contribution in [0.4, 0.5) is 15.3 Å². The average Bonchev–Trinajstić information content (AvgIpc) is 3.54. The van der Waals surface area contributed by atoms with Crippen molar-refractivity contribution in [1.82, 2.24) is 4.57 Å². The van der Waals surface area contributed by atoms with Crippen LogP contribution in [0.1, 0.15) is 64.2 Å². The second-order valence-corrected chi connectivity index (χ2v) is 12.4. The molecule has 3 aromatic carbocycles. The van der Waals surface area contributed by atoms with Gasteiger partial charge in [0.1, 0.15) is 18.4 Å². The Morgan fingerprint density at radius 1 is 0.881 bits per heavy atom. The van der Waals surface area contributed by atoms with Crippen molar-refractivity contribution in [2.24, 2.45) is 0 Å². The number of carbonyl (C=O) groups is 2. The number of amides is 1. The molecule has 0 saturated carbocycles. The van der Waals surface area contributed by atoms with Crippen molar-refractivity contribution in [3.05, 3.63) is 102 Å². The summed E-state index contributed by atoms with van der Waals surface area (Å²) in [6, 6.07) is 26.0. The van der Waals surface area contributed by atoms with Gasteiger partial charge in [0, 0.05) is 17.7 Å². The number of rotatable bonds is 3. The zero-order chi connectivity index (χ0) is 29.8. The maximum atomic E-state index is 13.7. The van der Waals surface area contributed by atoms with Gasteiger partial charge in [-0.25, -0.2) is 9.59 Å². The Morgan fingerprint density at radius 2 is 1.52 bits per heavy atom. The monoisotopic (exact) mass is 564 g/mol. The van der Waals surface area contributed by atoms with E-state index < -0.39 is 29.6 Å². The van der Waals surface area contributed by atoms with E-state index in [9.17, 15) is 9.59 Å². The van der Waals surface area contributed by atoms with E-state index in [1.54, 1.807) is 11.1 Å². The Balaban J connectivity index is 1.29. The van der Waals surface area contributed by atoms with E-state index in [-0.39, 0.29) is 12.5 Å². The summed E-state index contributed by atoms with van der Waals surface area (Å²) in [5.74, 6) is -0.0405. The Morgan fingerprint density at radius 3 is 2.17 bits per heavy atom. The van der Waals surface area contributed by atoms with E-state index in [4.69, 9.17) is 14.2 Å². The van der Waals surface area contributed by atoms with Crippen LogP contribution in [-0.4, -0.2) is 35.2 Å². The molecule has 1 atom stereocenters. The van der Waals surface area contributed by atoms with Gasteiger partial charge in [-0.15, -0.1) is 0 Å². The van der Waals surface area contributed by atoms with Gasteiger partial charge in [0.2, 0.25) is 0 Å². The van der Waals surface area contributed by atoms with Gasteiger partial charge in [-0.2, -0.15) is 0 Å². The third-order valence-electron chi connectivity index (χ3n) is 7.90. The SMILES string of the molecule is CC1OC(C)(C)c2cc(-c3cccn3C(=O)OC(C)(C)C)ccc2N1C(=O)OCC1c2ccccc2-c2ccccc21. The van der Waals surface area contributed by atoms with E-state index >= 15 is 0 Å². The first-order chi connectivity index (χ1) is 19.9. The van der Waals surface area contributed by atoms with Crippen LogP contribution in [0.25, 0.3) is 22.4 Å². The standard InChI is InChI=1S/C35H36N2O5/c1-22-37(33(39)40-21-28-26-14-9-7-12-24(26)25-13-8-10-15-27(25)28)31-18-17-23(20-29(31)35(5,6)41-22)30-16-11-19-36(30)32(38)42-34(2,3)4/h7-20,22,28H,21H2,1-6H3. The number of ether oxygens (including phenoxy) is 3. The molecule has 1 aliphatic carbocycles. The largest absolute Gasteiger partial charge is 0.448 e. The van der Waals surface area contributed by atoms with Crippen LogP contribution in [-0.2, 0) is 19.8 Å². The molecule has 0 spiro atoms. The molecule has 216 valence electrons. The van der Waals surface area contributed by atoms with Crippen molar-refractivity contribution in [3.63, 3.8) is 0 Å². The lowest BCUT2D eigenvalue weighted by atomic mass is 9.91. The number of nitrogens with zero attached hydrogens (tertiary/aromatic N) is 2. The number of benzene rings is 3. The van der Waals surface area contributed by atoms with E-state index in [1.807, 2.05) is 96.1 Å². The van der Waals surface area contributed by atoms with E-state index in [0.717, 1.165) is 27.9 Å². The van der Waals surface area contributed by atoms with E-state index in [1.165, 1.54) is 15.7 Å². The highest BCUT2D eigenvalue weighted by atomic mass is 16.6. The third-order valence-corrected chi connectivity index (χ3v) is 7.90. The Bertz CT molecular complexity index is 1630. The molecule has 1 aliphatic heterocycles. The summed E-state index contributed by atoms with van der Waals surface area (Å²) in [5.41, 5.74) is 6.41. The van der Waals surface area contributed by atoms with Gasteiger partial charge >= 0.3 is 12.2 Å². The summed E-state index contributed by atoms with van der Waals surface area (Å²) in [6.07, 6.45) is 0.227. The smallest absolute Gasteiger partial charge is 0.418 e. The van der Waals surface area contributed by atoms with Crippen molar-refractivity contribution >= 4 is 17.9 Å². The normalized spacial score (nSPS) is 17.3. The highest BCUT2D eigenvalue weighted by Crippen LogP contribution is 2.46. The molecule has 4 aromatic rings. The van der Waals surface area contributed by atoms with Crippen molar-refractivity contribution in [2.75, 3.05) is 11.5 Å².